The van der Waals surface area contributed by atoms with E-state index in [1.807, 2.05) is 24.0 Å². The molecule has 3 rings (SSSR count). The molecular formula is C18H24N2O3. The number of rotatable bonds is 4. The summed E-state index contributed by atoms with van der Waals surface area (Å²) in [5.74, 6) is -0.644. The third kappa shape index (κ3) is 3.33. The number of aliphatic carboxylic acids is 1. The molecule has 1 aromatic rings. The Hall–Kier alpha value is -2.04. The summed E-state index contributed by atoms with van der Waals surface area (Å²) in [6.45, 7) is 2.71. The number of benzene rings is 1. The van der Waals surface area contributed by atoms with Gasteiger partial charge in [0.05, 0.1) is 5.92 Å². The molecule has 1 aliphatic heterocycles. The van der Waals surface area contributed by atoms with E-state index in [1.165, 1.54) is 5.56 Å². The van der Waals surface area contributed by atoms with Gasteiger partial charge >= 0.3 is 5.97 Å². The van der Waals surface area contributed by atoms with Crippen LogP contribution in [0.3, 0.4) is 0 Å². The van der Waals surface area contributed by atoms with Crippen LogP contribution in [0.25, 0.3) is 0 Å². The van der Waals surface area contributed by atoms with Crippen LogP contribution in [0.4, 0.5) is 11.4 Å². The Balaban J connectivity index is 1.66. The largest absolute Gasteiger partial charge is 0.481 e. The zero-order valence-corrected chi connectivity index (χ0v) is 13.5. The van der Waals surface area contributed by atoms with Crippen LogP contribution in [0.1, 0.15) is 44.6 Å². The summed E-state index contributed by atoms with van der Waals surface area (Å²) in [7, 11) is 0. The summed E-state index contributed by atoms with van der Waals surface area (Å²) in [5, 5.41) is 12.6. The summed E-state index contributed by atoms with van der Waals surface area (Å²) in [5.41, 5.74) is 3.33. The molecule has 0 unspecified atom stereocenters. The van der Waals surface area contributed by atoms with Gasteiger partial charge in [-0.05, 0) is 62.8 Å². The molecule has 1 heterocycles. The fraction of sp³-hybridized carbons (Fsp3) is 0.556. The van der Waals surface area contributed by atoms with Gasteiger partial charge in [0.25, 0.3) is 0 Å². The lowest BCUT2D eigenvalue weighted by atomic mass is 9.86. The molecule has 0 bridgehead atoms. The van der Waals surface area contributed by atoms with Crippen LogP contribution in [-0.4, -0.2) is 29.6 Å². The van der Waals surface area contributed by atoms with Gasteiger partial charge in [0.1, 0.15) is 0 Å². The van der Waals surface area contributed by atoms with Crippen molar-refractivity contribution >= 4 is 23.3 Å². The van der Waals surface area contributed by atoms with Crippen molar-refractivity contribution in [1.29, 1.82) is 0 Å². The minimum atomic E-state index is -0.665. The quantitative estimate of drug-likeness (QED) is 0.896. The highest BCUT2D eigenvalue weighted by Gasteiger charge is 2.26. The molecular weight excluding hydrogens is 292 g/mol. The molecule has 5 heteroatoms. The number of fused-ring (bicyclic) bond motifs is 1. The van der Waals surface area contributed by atoms with Crippen molar-refractivity contribution in [2.75, 3.05) is 16.8 Å². The maximum atomic E-state index is 11.9. The first-order chi connectivity index (χ1) is 11.1. The van der Waals surface area contributed by atoms with E-state index < -0.39 is 5.97 Å². The van der Waals surface area contributed by atoms with Crippen LogP contribution in [0.5, 0.6) is 0 Å². The first kappa shape index (κ1) is 15.8. The number of carbonyl (C=O) groups is 2. The number of carboxylic acid groups (broad SMARTS) is 1. The SMILES string of the molecule is CCN1C(=O)CCc2cc(NC3CCC(C(=O)O)CC3)ccc21. The van der Waals surface area contributed by atoms with Gasteiger partial charge < -0.3 is 15.3 Å². The zero-order chi connectivity index (χ0) is 16.4. The molecule has 0 radical (unpaired) electrons. The van der Waals surface area contributed by atoms with Crippen molar-refractivity contribution in [1.82, 2.24) is 0 Å². The predicted molar refractivity (Wildman–Crippen MR) is 89.8 cm³/mol. The number of aryl methyl sites for hydroxylation is 1. The number of amides is 1. The second kappa shape index (κ2) is 6.60. The van der Waals surface area contributed by atoms with E-state index in [9.17, 15) is 9.59 Å². The van der Waals surface area contributed by atoms with E-state index in [0.29, 0.717) is 19.0 Å². The van der Waals surface area contributed by atoms with Crippen molar-refractivity contribution in [3.05, 3.63) is 23.8 Å². The molecule has 1 aromatic carbocycles. The Morgan fingerprint density at radius 3 is 2.65 bits per heavy atom. The van der Waals surface area contributed by atoms with Gasteiger partial charge in [0.15, 0.2) is 0 Å². The lowest BCUT2D eigenvalue weighted by Crippen LogP contribution is -2.35. The molecule has 1 fully saturated rings. The van der Waals surface area contributed by atoms with Gasteiger partial charge in [-0.1, -0.05) is 0 Å². The van der Waals surface area contributed by atoms with Crippen LogP contribution in [-0.2, 0) is 16.0 Å². The number of carboxylic acids is 1. The van der Waals surface area contributed by atoms with Gasteiger partial charge in [0, 0.05) is 30.4 Å². The third-order valence-corrected chi connectivity index (χ3v) is 5.04. The van der Waals surface area contributed by atoms with Crippen LogP contribution in [0.2, 0.25) is 0 Å². The molecule has 2 N–H and O–H groups in total. The highest BCUT2D eigenvalue weighted by molar-refractivity contribution is 5.96. The normalized spacial score (nSPS) is 24.2. The van der Waals surface area contributed by atoms with Gasteiger partial charge in [-0.3, -0.25) is 9.59 Å². The molecule has 0 atom stereocenters. The number of hydrogen-bond acceptors (Lipinski definition) is 3. The maximum Gasteiger partial charge on any atom is 0.306 e. The number of anilines is 2. The predicted octanol–water partition coefficient (Wildman–Crippen LogP) is 3.04. The van der Waals surface area contributed by atoms with Crippen molar-refractivity contribution in [2.45, 2.75) is 51.5 Å². The number of nitrogens with one attached hydrogen (secondary N) is 1. The molecule has 0 aromatic heterocycles. The minimum Gasteiger partial charge on any atom is -0.481 e. The molecule has 2 aliphatic rings. The van der Waals surface area contributed by atoms with E-state index in [2.05, 4.69) is 11.4 Å². The standard InChI is InChI=1S/C18H24N2O3/c1-2-20-16-9-8-15(11-13(16)5-10-17(20)21)19-14-6-3-12(4-7-14)18(22)23/h8-9,11-12,14,19H,2-7,10H2,1H3,(H,22,23). The number of hydrogen-bond donors (Lipinski definition) is 2. The van der Waals surface area contributed by atoms with Crippen molar-refractivity contribution in [2.24, 2.45) is 5.92 Å². The van der Waals surface area contributed by atoms with Crippen LogP contribution in [0.15, 0.2) is 18.2 Å². The Morgan fingerprint density at radius 2 is 2.00 bits per heavy atom. The van der Waals surface area contributed by atoms with Crippen LogP contribution in [0, 0.1) is 5.92 Å². The van der Waals surface area contributed by atoms with Crippen LogP contribution >= 0.6 is 0 Å². The van der Waals surface area contributed by atoms with E-state index in [1.54, 1.807) is 0 Å². The first-order valence-electron chi connectivity index (χ1n) is 8.51. The number of nitrogens with zero attached hydrogens (tertiary/aromatic N) is 1. The fourth-order valence-corrected chi connectivity index (χ4v) is 3.72. The number of carbonyl (C=O) groups excluding carboxylic acids is 1. The molecule has 0 spiro atoms. The van der Waals surface area contributed by atoms with Crippen molar-refractivity contribution in [3.63, 3.8) is 0 Å². The average molecular weight is 316 g/mol. The second-order valence-corrected chi connectivity index (χ2v) is 6.51. The highest BCUT2D eigenvalue weighted by Crippen LogP contribution is 2.32. The van der Waals surface area contributed by atoms with E-state index in [4.69, 9.17) is 5.11 Å². The van der Waals surface area contributed by atoms with E-state index >= 15 is 0 Å². The lowest BCUT2D eigenvalue weighted by Gasteiger charge is -2.30. The molecule has 5 nitrogen and oxygen atoms in total. The zero-order valence-electron chi connectivity index (χ0n) is 13.5. The summed E-state index contributed by atoms with van der Waals surface area (Å²) in [4.78, 5) is 24.8. The average Bonchev–Trinajstić information content (AvgIpc) is 2.55. The molecule has 1 saturated carbocycles. The Kier molecular flexibility index (Phi) is 4.55. The van der Waals surface area contributed by atoms with Gasteiger partial charge in [-0.15, -0.1) is 0 Å². The molecule has 124 valence electrons. The molecule has 1 aliphatic carbocycles. The Bertz CT molecular complexity index is 606. The van der Waals surface area contributed by atoms with E-state index in [-0.39, 0.29) is 11.8 Å². The molecule has 1 amide bonds. The minimum absolute atomic E-state index is 0.180. The Labute approximate surface area is 136 Å². The first-order valence-corrected chi connectivity index (χ1v) is 8.51. The smallest absolute Gasteiger partial charge is 0.306 e. The molecule has 0 saturated heterocycles. The summed E-state index contributed by atoms with van der Waals surface area (Å²) in [6.07, 6.45) is 4.66. The maximum absolute atomic E-state index is 11.9. The molecule has 23 heavy (non-hydrogen) atoms. The Morgan fingerprint density at radius 1 is 1.26 bits per heavy atom. The summed E-state index contributed by atoms with van der Waals surface area (Å²) < 4.78 is 0. The van der Waals surface area contributed by atoms with Gasteiger partial charge in [-0.25, -0.2) is 0 Å². The van der Waals surface area contributed by atoms with Crippen molar-refractivity contribution in [3.8, 4) is 0 Å². The van der Waals surface area contributed by atoms with Crippen molar-refractivity contribution < 1.29 is 14.7 Å². The van der Waals surface area contributed by atoms with Gasteiger partial charge in [0.2, 0.25) is 5.91 Å². The monoisotopic (exact) mass is 316 g/mol. The lowest BCUT2D eigenvalue weighted by molar-refractivity contribution is -0.142. The van der Waals surface area contributed by atoms with Gasteiger partial charge in [-0.2, -0.15) is 0 Å². The summed E-state index contributed by atoms with van der Waals surface area (Å²) >= 11 is 0. The third-order valence-electron chi connectivity index (χ3n) is 5.04. The fourth-order valence-electron chi connectivity index (χ4n) is 3.72. The van der Waals surface area contributed by atoms with E-state index in [0.717, 1.165) is 43.5 Å². The highest BCUT2D eigenvalue weighted by atomic mass is 16.4. The second-order valence-electron chi connectivity index (χ2n) is 6.51. The van der Waals surface area contributed by atoms with Crippen LogP contribution < -0.4 is 10.2 Å². The topological polar surface area (TPSA) is 69.6 Å². The summed E-state index contributed by atoms with van der Waals surface area (Å²) in [6, 6.07) is 6.55.